The first-order valence-electron chi connectivity index (χ1n) is 9.08. The number of benzene rings is 2. The molecule has 2 heterocycles. The summed E-state index contributed by atoms with van der Waals surface area (Å²) in [6.45, 7) is 3.30. The molecule has 0 amide bonds. The molecule has 4 rings (SSSR count). The predicted molar refractivity (Wildman–Crippen MR) is 106 cm³/mol. The first kappa shape index (κ1) is 16.9. The van der Waals surface area contributed by atoms with Crippen molar-refractivity contribution in [1.82, 2.24) is 10.2 Å². The Morgan fingerprint density at radius 2 is 1.76 bits per heavy atom. The van der Waals surface area contributed by atoms with Crippen LogP contribution in [-0.4, -0.2) is 44.2 Å². The summed E-state index contributed by atoms with van der Waals surface area (Å²) in [5.74, 6) is 0. The number of piperidine rings is 1. The fourth-order valence-electron chi connectivity index (χ4n) is 4.33. The molecular formula is C21H26ClN3. The van der Waals surface area contributed by atoms with Crippen LogP contribution < -0.4 is 10.2 Å². The lowest BCUT2D eigenvalue weighted by Gasteiger charge is -2.43. The van der Waals surface area contributed by atoms with Crippen molar-refractivity contribution in [1.29, 1.82) is 0 Å². The van der Waals surface area contributed by atoms with Gasteiger partial charge in [-0.1, -0.05) is 41.9 Å². The highest BCUT2D eigenvalue weighted by Gasteiger charge is 2.40. The Hall–Kier alpha value is -1.55. The predicted octanol–water partition coefficient (Wildman–Crippen LogP) is 3.93. The van der Waals surface area contributed by atoms with Crippen molar-refractivity contribution in [3.63, 3.8) is 0 Å². The fourth-order valence-corrected chi connectivity index (χ4v) is 4.51. The standard InChI is InChI=1S/C21H26ClN3/c1-24-12-10-21(11-13-24)15-25(2)19-9-8-17(22)14-18(19)20(23-21)16-6-4-3-5-7-16/h3-9,14,20,23H,10-13,15H2,1-2H3. The van der Waals surface area contributed by atoms with Gasteiger partial charge >= 0.3 is 0 Å². The van der Waals surface area contributed by atoms with E-state index in [4.69, 9.17) is 11.6 Å². The van der Waals surface area contributed by atoms with E-state index < -0.39 is 0 Å². The molecule has 3 nitrogen and oxygen atoms in total. The molecule has 0 aliphatic carbocycles. The van der Waals surface area contributed by atoms with Gasteiger partial charge < -0.3 is 9.80 Å². The summed E-state index contributed by atoms with van der Waals surface area (Å²) in [5, 5.41) is 4.86. The number of hydrogen-bond acceptors (Lipinski definition) is 3. The number of fused-ring (bicyclic) bond motifs is 1. The van der Waals surface area contributed by atoms with Crippen LogP contribution in [0, 0.1) is 0 Å². The second kappa shape index (κ2) is 6.64. The zero-order valence-electron chi connectivity index (χ0n) is 15.0. The van der Waals surface area contributed by atoms with Crippen molar-refractivity contribution in [2.75, 3.05) is 38.6 Å². The SMILES string of the molecule is CN1CCC2(CC1)CN(C)c1ccc(Cl)cc1C(c1ccccc1)N2. The van der Waals surface area contributed by atoms with Crippen LogP contribution in [-0.2, 0) is 0 Å². The molecule has 1 saturated heterocycles. The van der Waals surface area contributed by atoms with E-state index in [1.165, 1.54) is 29.7 Å². The Labute approximate surface area is 155 Å². The average molecular weight is 356 g/mol. The molecule has 0 saturated carbocycles. The molecule has 1 N–H and O–H groups in total. The molecule has 2 aliphatic rings. The highest BCUT2D eigenvalue weighted by atomic mass is 35.5. The summed E-state index contributed by atoms with van der Waals surface area (Å²) in [6, 6.07) is 17.2. The third-order valence-corrected chi connectivity index (χ3v) is 6.01. The van der Waals surface area contributed by atoms with Gasteiger partial charge in [-0.15, -0.1) is 0 Å². The summed E-state index contributed by atoms with van der Waals surface area (Å²) in [4.78, 5) is 4.84. The number of nitrogens with one attached hydrogen (secondary N) is 1. The van der Waals surface area contributed by atoms with Crippen LogP contribution in [0.1, 0.15) is 30.0 Å². The van der Waals surface area contributed by atoms with Crippen LogP contribution in [0.25, 0.3) is 0 Å². The number of likely N-dealkylation sites (N-methyl/N-ethyl adjacent to an activating group) is 1. The van der Waals surface area contributed by atoms with Gasteiger partial charge in [0.15, 0.2) is 0 Å². The Bertz CT molecular complexity index is 738. The maximum absolute atomic E-state index is 6.37. The molecule has 0 bridgehead atoms. The second-order valence-corrected chi connectivity index (χ2v) is 8.07. The minimum Gasteiger partial charge on any atom is -0.372 e. The van der Waals surface area contributed by atoms with Gasteiger partial charge in [0.05, 0.1) is 6.04 Å². The number of rotatable bonds is 1. The van der Waals surface area contributed by atoms with Crippen molar-refractivity contribution in [2.24, 2.45) is 0 Å². The van der Waals surface area contributed by atoms with Crippen LogP contribution in [0.4, 0.5) is 5.69 Å². The van der Waals surface area contributed by atoms with Gasteiger partial charge in [0.25, 0.3) is 0 Å². The van der Waals surface area contributed by atoms with E-state index in [9.17, 15) is 0 Å². The summed E-state index contributed by atoms with van der Waals surface area (Å²) in [6.07, 6.45) is 2.33. The first-order valence-corrected chi connectivity index (χ1v) is 9.46. The van der Waals surface area contributed by atoms with Crippen molar-refractivity contribution in [2.45, 2.75) is 24.4 Å². The molecule has 132 valence electrons. The van der Waals surface area contributed by atoms with Gasteiger partial charge in [-0.2, -0.15) is 0 Å². The molecule has 2 aliphatic heterocycles. The summed E-state index contributed by atoms with van der Waals surface area (Å²) < 4.78 is 0. The third-order valence-electron chi connectivity index (χ3n) is 5.78. The van der Waals surface area contributed by atoms with Gasteiger partial charge in [-0.3, -0.25) is 5.32 Å². The lowest BCUT2D eigenvalue weighted by Crippen LogP contribution is -2.57. The molecule has 1 unspecified atom stereocenters. The lowest BCUT2D eigenvalue weighted by atomic mass is 9.85. The van der Waals surface area contributed by atoms with Gasteiger partial charge in [-0.05, 0) is 62.3 Å². The molecule has 1 atom stereocenters. The number of likely N-dealkylation sites (tertiary alicyclic amines) is 1. The van der Waals surface area contributed by atoms with E-state index in [1.807, 2.05) is 6.07 Å². The van der Waals surface area contributed by atoms with Crippen LogP contribution in [0.15, 0.2) is 48.5 Å². The number of anilines is 1. The molecule has 0 aromatic heterocycles. The maximum atomic E-state index is 6.37. The molecule has 2 aromatic rings. The van der Waals surface area contributed by atoms with Gasteiger partial charge in [0, 0.05) is 29.8 Å². The zero-order valence-corrected chi connectivity index (χ0v) is 15.8. The third kappa shape index (κ3) is 3.29. The van der Waals surface area contributed by atoms with Crippen LogP contribution >= 0.6 is 11.6 Å². The fraction of sp³-hybridized carbons (Fsp3) is 0.429. The van der Waals surface area contributed by atoms with Crippen molar-refractivity contribution in [3.8, 4) is 0 Å². The Kier molecular flexibility index (Phi) is 4.48. The molecule has 1 fully saturated rings. The summed E-state index contributed by atoms with van der Waals surface area (Å²) in [7, 11) is 4.43. The topological polar surface area (TPSA) is 18.5 Å². The largest absolute Gasteiger partial charge is 0.372 e. The van der Waals surface area contributed by atoms with Crippen LogP contribution in [0.3, 0.4) is 0 Å². The lowest BCUT2D eigenvalue weighted by molar-refractivity contribution is 0.155. The number of nitrogens with zero attached hydrogens (tertiary/aromatic N) is 2. The second-order valence-electron chi connectivity index (χ2n) is 7.63. The van der Waals surface area contributed by atoms with E-state index in [-0.39, 0.29) is 11.6 Å². The maximum Gasteiger partial charge on any atom is 0.0602 e. The summed E-state index contributed by atoms with van der Waals surface area (Å²) in [5.41, 5.74) is 3.99. The molecule has 25 heavy (non-hydrogen) atoms. The molecule has 1 spiro atoms. The number of halogens is 1. The van der Waals surface area contributed by atoms with Gasteiger partial charge in [-0.25, -0.2) is 0 Å². The monoisotopic (exact) mass is 355 g/mol. The van der Waals surface area contributed by atoms with E-state index >= 15 is 0 Å². The van der Waals surface area contributed by atoms with E-state index in [0.29, 0.717) is 0 Å². The van der Waals surface area contributed by atoms with E-state index in [2.05, 4.69) is 71.7 Å². The molecule has 0 radical (unpaired) electrons. The van der Waals surface area contributed by atoms with E-state index in [1.54, 1.807) is 0 Å². The van der Waals surface area contributed by atoms with Crippen molar-refractivity contribution >= 4 is 17.3 Å². The number of hydrogen-bond donors (Lipinski definition) is 1. The smallest absolute Gasteiger partial charge is 0.0602 e. The quantitative estimate of drug-likeness (QED) is 0.836. The molecule has 2 aromatic carbocycles. The van der Waals surface area contributed by atoms with Crippen molar-refractivity contribution in [3.05, 3.63) is 64.7 Å². The minimum atomic E-state index is 0.132. The Balaban J connectivity index is 1.80. The van der Waals surface area contributed by atoms with E-state index in [0.717, 1.165) is 24.7 Å². The van der Waals surface area contributed by atoms with Gasteiger partial charge in [0.1, 0.15) is 0 Å². The van der Waals surface area contributed by atoms with Crippen molar-refractivity contribution < 1.29 is 0 Å². The zero-order chi connectivity index (χ0) is 17.4. The Morgan fingerprint density at radius 1 is 1.04 bits per heavy atom. The van der Waals surface area contributed by atoms with Crippen LogP contribution in [0.5, 0.6) is 0 Å². The Morgan fingerprint density at radius 3 is 2.48 bits per heavy atom. The highest BCUT2D eigenvalue weighted by molar-refractivity contribution is 6.30. The molecule has 4 heteroatoms. The van der Waals surface area contributed by atoms with Gasteiger partial charge in [0.2, 0.25) is 0 Å². The van der Waals surface area contributed by atoms with Crippen LogP contribution in [0.2, 0.25) is 5.02 Å². The first-order chi connectivity index (χ1) is 12.1. The minimum absolute atomic E-state index is 0.132. The molecular weight excluding hydrogens is 330 g/mol. The highest BCUT2D eigenvalue weighted by Crippen LogP contribution is 2.39. The average Bonchev–Trinajstić information content (AvgIpc) is 2.73. The normalized spacial score (nSPS) is 23.3. The summed E-state index contributed by atoms with van der Waals surface area (Å²) >= 11 is 6.37.